The van der Waals surface area contributed by atoms with Crippen LogP contribution in [0.1, 0.15) is 22.8 Å². The van der Waals surface area contributed by atoms with Gasteiger partial charge in [0.1, 0.15) is 5.75 Å². The van der Waals surface area contributed by atoms with Crippen molar-refractivity contribution in [1.82, 2.24) is 0 Å². The molecule has 1 aromatic carbocycles. The van der Waals surface area contributed by atoms with Gasteiger partial charge in [-0.15, -0.1) is 0 Å². The third-order valence-corrected chi connectivity index (χ3v) is 2.31. The second-order valence-electron chi connectivity index (χ2n) is 3.42. The lowest BCUT2D eigenvalue weighted by molar-refractivity contribution is -0.147. The summed E-state index contributed by atoms with van der Waals surface area (Å²) in [6, 6.07) is 3.35. The Balaban J connectivity index is 3.21. The number of rotatable bonds is 3. The second kappa shape index (κ2) is 4.31. The van der Waals surface area contributed by atoms with Crippen molar-refractivity contribution in [2.24, 2.45) is 0 Å². The molecule has 0 radical (unpaired) electrons. The molecule has 0 fully saturated rings. The Morgan fingerprint density at radius 3 is 2.40 bits per heavy atom. The zero-order chi connectivity index (χ0) is 11.6. The summed E-state index contributed by atoms with van der Waals surface area (Å²) in [5.41, 5.74) is 1.91. The van der Waals surface area contributed by atoms with Crippen molar-refractivity contribution in [2.75, 3.05) is 7.11 Å². The Morgan fingerprint density at radius 2 is 1.93 bits per heavy atom. The average Bonchev–Trinajstić information content (AvgIpc) is 2.19. The summed E-state index contributed by atoms with van der Waals surface area (Å²) in [5.74, 6) is -0.559. The van der Waals surface area contributed by atoms with Gasteiger partial charge >= 0.3 is 5.97 Å². The summed E-state index contributed by atoms with van der Waals surface area (Å²) in [7, 11) is 1.55. The van der Waals surface area contributed by atoms with Gasteiger partial charge in [0.25, 0.3) is 0 Å². The van der Waals surface area contributed by atoms with Crippen molar-refractivity contribution in [3.8, 4) is 5.75 Å². The molecule has 1 rings (SSSR count). The largest absolute Gasteiger partial charge is 0.496 e. The van der Waals surface area contributed by atoms with Gasteiger partial charge in [0, 0.05) is 0 Å². The number of carboxylic acids is 1. The number of benzene rings is 1. The predicted molar refractivity (Wildman–Crippen MR) is 55.1 cm³/mol. The quantitative estimate of drug-likeness (QED) is 0.792. The first kappa shape index (κ1) is 11.5. The Bertz CT molecular complexity index is 384. The predicted octanol–water partition coefficient (Wildman–Crippen LogP) is 1.43. The van der Waals surface area contributed by atoms with E-state index in [9.17, 15) is 9.90 Å². The number of hydrogen-bond donors (Lipinski definition) is 2. The average molecular weight is 210 g/mol. The zero-order valence-electron chi connectivity index (χ0n) is 8.94. The van der Waals surface area contributed by atoms with Crippen molar-refractivity contribution in [2.45, 2.75) is 20.0 Å². The molecule has 0 aliphatic heterocycles. The van der Waals surface area contributed by atoms with Crippen molar-refractivity contribution >= 4 is 5.97 Å². The lowest BCUT2D eigenvalue weighted by Gasteiger charge is -2.13. The van der Waals surface area contributed by atoms with Crippen LogP contribution in [0, 0.1) is 13.8 Å². The summed E-state index contributed by atoms with van der Waals surface area (Å²) in [5, 5.41) is 18.1. The highest BCUT2D eigenvalue weighted by Gasteiger charge is 2.19. The number of aliphatic hydroxyl groups is 1. The number of ether oxygens (including phenoxy) is 1. The summed E-state index contributed by atoms with van der Waals surface area (Å²) >= 11 is 0. The third kappa shape index (κ3) is 2.27. The van der Waals surface area contributed by atoms with Gasteiger partial charge in [-0.25, -0.2) is 4.79 Å². The minimum atomic E-state index is -1.48. The van der Waals surface area contributed by atoms with Crippen molar-refractivity contribution < 1.29 is 19.7 Å². The van der Waals surface area contributed by atoms with E-state index in [0.717, 1.165) is 5.56 Å². The molecule has 0 saturated heterocycles. The first-order chi connectivity index (χ1) is 6.97. The summed E-state index contributed by atoms with van der Waals surface area (Å²) < 4.78 is 5.09. The van der Waals surface area contributed by atoms with Crippen LogP contribution < -0.4 is 4.74 Å². The van der Waals surface area contributed by atoms with Crippen molar-refractivity contribution in [3.05, 3.63) is 28.8 Å². The maximum Gasteiger partial charge on any atom is 0.337 e. The fourth-order valence-electron chi connectivity index (χ4n) is 1.46. The minimum Gasteiger partial charge on any atom is -0.496 e. The van der Waals surface area contributed by atoms with Crippen molar-refractivity contribution in [3.63, 3.8) is 0 Å². The van der Waals surface area contributed by atoms with Crippen molar-refractivity contribution in [1.29, 1.82) is 0 Å². The SMILES string of the molecule is COc1cc(C)c(C(O)C(=O)O)cc1C. The van der Waals surface area contributed by atoms with Gasteiger partial charge in [-0.1, -0.05) is 0 Å². The number of aliphatic hydroxyl groups excluding tert-OH is 1. The van der Waals surface area contributed by atoms with E-state index in [1.165, 1.54) is 0 Å². The van der Waals surface area contributed by atoms with Crippen LogP contribution >= 0.6 is 0 Å². The van der Waals surface area contributed by atoms with Crippen LogP contribution in [0.2, 0.25) is 0 Å². The Hall–Kier alpha value is -1.55. The van der Waals surface area contributed by atoms with Crippen LogP contribution in [0.15, 0.2) is 12.1 Å². The number of carbonyl (C=O) groups is 1. The monoisotopic (exact) mass is 210 g/mol. The van der Waals surface area contributed by atoms with E-state index in [4.69, 9.17) is 9.84 Å². The van der Waals surface area contributed by atoms with E-state index in [1.54, 1.807) is 33.1 Å². The number of aryl methyl sites for hydroxylation is 2. The van der Waals surface area contributed by atoms with Crippen LogP contribution in [0.3, 0.4) is 0 Å². The van der Waals surface area contributed by atoms with Gasteiger partial charge < -0.3 is 14.9 Å². The molecule has 1 aromatic rings. The topological polar surface area (TPSA) is 66.8 Å². The van der Waals surface area contributed by atoms with Crippen LogP contribution in [-0.2, 0) is 4.79 Å². The van der Waals surface area contributed by atoms with Gasteiger partial charge in [0.2, 0.25) is 0 Å². The molecular weight excluding hydrogens is 196 g/mol. The normalized spacial score (nSPS) is 12.3. The van der Waals surface area contributed by atoms with E-state index in [2.05, 4.69) is 0 Å². The van der Waals surface area contributed by atoms with Crippen LogP contribution in [0.4, 0.5) is 0 Å². The van der Waals surface area contributed by atoms with Crippen LogP contribution in [0.5, 0.6) is 5.75 Å². The zero-order valence-corrected chi connectivity index (χ0v) is 8.94. The molecule has 0 spiro atoms. The standard InChI is InChI=1S/C11H14O4/c1-6-5-9(15-3)7(2)4-8(6)10(12)11(13)14/h4-5,10,12H,1-3H3,(H,13,14). The van der Waals surface area contributed by atoms with Gasteiger partial charge in [0.05, 0.1) is 7.11 Å². The minimum absolute atomic E-state index is 0.404. The van der Waals surface area contributed by atoms with E-state index in [1.807, 2.05) is 0 Å². The summed E-state index contributed by atoms with van der Waals surface area (Å²) in [4.78, 5) is 10.6. The molecule has 0 bridgehead atoms. The van der Waals surface area contributed by atoms with Crippen LogP contribution in [-0.4, -0.2) is 23.3 Å². The first-order valence-corrected chi connectivity index (χ1v) is 4.53. The summed E-state index contributed by atoms with van der Waals surface area (Å²) in [6.07, 6.45) is -1.48. The molecule has 82 valence electrons. The summed E-state index contributed by atoms with van der Waals surface area (Å²) in [6.45, 7) is 3.54. The molecule has 0 saturated carbocycles. The molecule has 0 amide bonds. The van der Waals surface area contributed by atoms with Gasteiger partial charge in [-0.2, -0.15) is 0 Å². The molecule has 0 heterocycles. The molecule has 1 atom stereocenters. The second-order valence-corrected chi connectivity index (χ2v) is 3.42. The molecule has 0 aliphatic carbocycles. The Kier molecular flexibility index (Phi) is 3.31. The smallest absolute Gasteiger partial charge is 0.337 e. The molecule has 1 unspecified atom stereocenters. The van der Waals surface area contributed by atoms with Crippen LogP contribution in [0.25, 0.3) is 0 Å². The maximum atomic E-state index is 10.6. The van der Waals surface area contributed by atoms with E-state index in [0.29, 0.717) is 16.9 Å². The van der Waals surface area contributed by atoms with Gasteiger partial charge in [-0.05, 0) is 42.7 Å². The first-order valence-electron chi connectivity index (χ1n) is 4.53. The number of hydrogen-bond acceptors (Lipinski definition) is 3. The number of carboxylic acid groups (broad SMARTS) is 1. The highest BCUT2D eigenvalue weighted by molar-refractivity contribution is 5.74. The number of methoxy groups -OCH3 is 1. The fourth-order valence-corrected chi connectivity index (χ4v) is 1.46. The molecule has 4 heteroatoms. The Morgan fingerprint density at radius 1 is 1.33 bits per heavy atom. The molecule has 4 nitrogen and oxygen atoms in total. The molecule has 0 aliphatic rings. The lowest BCUT2D eigenvalue weighted by Crippen LogP contribution is -2.12. The molecule has 2 N–H and O–H groups in total. The highest BCUT2D eigenvalue weighted by atomic mass is 16.5. The van der Waals surface area contributed by atoms with Gasteiger partial charge in [-0.3, -0.25) is 0 Å². The lowest BCUT2D eigenvalue weighted by atomic mass is 10.00. The van der Waals surface area contributed by atoms with E-state index in [-0.39, 0.29) is 0 Å². The maximum absolute atomic E-state index is 10.6. The fraction of sp³-hybridized carbons (Fsp3) is 0.364. The Labute approximate surface area is 88.1 Å². The third-order valence-electron chi connectivity index (χ3n) is 2.31. The van der Waals surface area contributed by atoms with E-state index >= 15 is 0 Å². The highest BCUT2D eigenvalue weighted by Crippen LogP contribution is 2.26. The molecule has 0 aromatic heterocycles. The van der Waals surface area contributed by atoms with E-state index < -0.39 is 12.1 Å². The van der Waals surface area contributed by atoms with Gasteiger partial charge in [0.15, 0.2) is 6.10 Å². The molecule has 15 heavy (non-hydrogen) atoms. The number of aliphatic carboxylic acids is 1. The molecular formula is C11H14O4.